The number of rotatable bonds is 4. The average Bonchev–Trinajstić information content (AvgIpc) is 3.23. The molecule has 1 amide bonds. The van der Waals surface area contributed by atoms with E-state index in [-0.39, 0.29) is 5.91 Å². The highest BCUT2D eigenvalue weighted by atomic mass is 19.1. The Morgan fingerprint density at radius 2 is 2.11 bits per heavy atom. The first-order valence-corrected chi connectivity index (χ1v) is 9.45. The van der Waals surface area contributed by atoms with E-state index in [0.717, 1.165) is 25.9 Å². The van der Waals surface area contributed by atoms with Gasteiger partial charge in [0, 0.05) is 43.2 Å². The molecule has 1 atom stereocenters. The number of para-hydroxylation sites is 1. The molecule has 6 heteroatoms. The molecule has 0 aliphatic carbocycles. The van der Waals surface area contributed by atoms with Crippen molar-refractivity contribution in [3.63, 3.8) is 0 Å². The molecule has 0 bridgehead atoms. The van der Waals surface area contributed by atoms with Gasteiger partial charge in [-0.1, -0.05) is 24.3 Å². The van der Waals surface area contributed by atoms with Gasteiger partial charge >= 0.3 is 0 Å². The van der Waals surface area contributed by atoms with Crippen LogP contribution in [-0.4, -0.2) is 38.6 Å². The molecule has 0 saturated carbocycles. The van der Waals surface area contributed by atoms with E-state index in [2.05, 4.69) is 4.98 Å². The fourth-order valence-electron chi connectivity index (χ4n) is 3.84. The number of likely N-dealkylation sites (tertiary alicyclic amines) is 1. The lowest BCUT2D eigenvalue weighted by atomic mass is 9.96. The molecule has 1 fully saturated rings. The predicted octanol–water partition coefficient (Wildman–Crippen LogP) is 3.95. The molecule has 0 unspecified atom stereocenters. The van der Waals surface area contributed by atoms with E-state index in [1.165, 1.54) is 6.07 Å². The van der Waals surface area contributed by atoms with Crippen LogP contribution in [0.2, 0.25) is 0 Å². The monoisotopic (exact) mass is 379 g/mol. The second-order valence-corrected chi connectivity index (χ2v) is 7.24. The van der Waals surface area contributed by atoms with Crippen molar-refractivity contribution in [3.8, 4) is 16.9 Å². The van der Waals surface area contributed by atoms with Crippen molar-refractivity contribution in [3.05, 3.63) is 72.6 Å². The first kappa shape index (κ1) is 18.2. The van der Waals surface area contributed by atoms with Crippen molar-refractivity contribution in [1.29, 1.82) is 0 Å². The summed E-state index contributed by atoms with van der Waals surface area (Å²) in [6.45, 7) is 2.28. The molecule has 3 aromatic rings. The molecule has 5 nitrogen and oxygen atoms in total. The van der Waals surface area contributed by atoms with Crippen LogP contribution in [-0.2, 0) is 6.54 Å². The van der Waals surface area contributed by atoms with Crippen LogP contribution in [0.5, 0.6) is 5.75 Å². The lowest BCUT2D eigenvalue weighted by Crippen LogP contribution is -2.41. The lowest BCUT2D eigenvalue weighted by Gasteiger charge is -2.33. The Hall–Kier alpha value is -3.15. The average molecular weight is 379 g/mol. The van der Waals surface area contributed by atoms with Crippen LogP contribution in [0.25, 0.3) is 11.1 Å². The van der Waals surface area contributed by atoms with Crippen LogP contribution < -0.4 is 0 Å². The van der Waals surface area contributed by atoms with E-state index >= 15 is 0 Å². The van der Waals surface area contributed by atoms with Crippen molar-refractivity contribution in [2.24, 2.45) is 5.92 Å². The molecule has 28 heavy (non-hydrogen) atoms. The number of amides is 1. The van der Waals surface area contributed by atoms with Gasteiger partial charge < -0.3 is 14.6 Å². The van der Waals surface area contributed by atoms with Crippen molar-refractivity contribution in [1.82, 2.24) is 14.5 Å². The number of piperidine rings is 1. The zero-order chi connectivity index (χ0) is 19.5. The molecule has 0 radical (unpaired) electrons. The van der Waals surface area contributed by atoms with Crippen LogP contribution in [0.15, 0.2) is 61.2 Å². The summed E-state index contributed by atoms with van der Waals surface area (Å²) in [5, 5.41) is 10.0. The molecule has 1 aliphatic rings. The summed E-state index contributed by atoms with van der Waals surface area (Å²) in [6.07, 6.45) is 7.55. The Morgan fingerprint density at radius 3 is 2.93 bits per heavy atom. The molecule has 1 saturated heterocycles. The van der Waals surface area contributed by atoms with Crippen LogP contribution >= 0.6 is 0 Å². The smallest absolute Gasteiger partial charge is 0.253 e. The van der Waals surface area contributed by atoms with Gasteiger partial charge in [-0.3, -0.25) is 4.79 Å². The lowest BCUT2D eigenvalue weighted by molar-refractivity contribution is 0.0662. The minimum Gasteiger partial charge on any atom is -0.504 e. The van der Waals surface area contributed by atoms with Crippen molar-refractivity contribution < 1.29 is 14.3 Å². The maximum Gasteiger partial charge on any atom is 0.253 e. The molecular weight excluding hydrogens is 357 g/mol. The molecule has 0 spiro atoms. The van der Waals surface area contributed by atoms with Crippen LogP contribution in [0.4, 0.5) is 4.39 Å². The molecule has 1 N–H and O–H groups in total. The van der Waals surface area contributed by atoms with E-state index in [1.807, 2.05) is 15.7 Å². The standard InChI is InChI=1S/C22H22FN3O2/c23-20-8-2-7-19(21(20)27)17-5-1-6-18(12-17)22(28)26-10-3-4-16(14-26)13-25-11-9-24-15-25/h1-2,5-9,11-12,15-16,27H,3-4,10,13-14H2/t16-/m0/s1. The highest BCUT2D eigenvalue weighted by molar-refractivity contribution is 5.95. The topological polar surface area (TPSA) is 58.4 Å². The number of phenols is 1. The van der Waals surface area contributed by atoms with Crippen molar-refractivity contribution in [2.45, 2.75) is 19.4 Å². The molecule has 144 valence electrons. The molecule has 4 rings (SSSR count). The Labute approximate surface area is 163 Å². The normalized spacial score (nSPS) is 16.9. The van der Waals surface area contributed by atoms with Crippen molar-refractivity contribution in [2.75, 3.05) is 13.1 Å². The minimum absolute atomic E-state index is 0.0342. The van der Waals surface area contributed by atoms with Gasteiger partial charge in [-0.25, -0.2) is 9.37 Å². The van der Waals surface area contributed by atoms with Crippen LogP contribution in [0.1, 0.15) is 23.2 Å². The number of nitrogens with zero attached hydrogens (tertiary/aromatic N) is 3. The predicted molar refractivity (Wildman–Crippen MR) is 104 cm³/mol. The van der Waals surface area contributed by atoms with Gasteiger partial charge in [0.2, 0.25) is 0 Å². The summed E-state index contributed by atoms with van der Waals surface area (Å²) in [7, 11) is 0. The van der Waals surface area contributed by atoms with E-state index in [4.69, 9.17) is 0 Å². The van der Waals surface area contributed by atoms with Gasteiger partial charge in [0.05, 0.1) is 6.33 Å². The Balaban J connectivity index is 1.52. The largest absolute Gasteiger partial charge is 0.504 e. The molecule has 1 aliphatic heterocycles. The summed E-state index contributed by atoms with van der Waals surface area (Å²) in [6, 6.07) is 11.4. The van der Waals surface area contributed by atoms with Gasteiger partial charge in [-0.2, -0.15) is 0 Å². The maximum absolute atomic E-state index is 13.7. The molecular formula is C22H22FN3O2. The summed E-state index contributed by atoms with van der Waals surface area (Å²) in [5.41, 5.74) is 1.55. The van der Waals surface area contributed by atoms with E-state index in [1.54, 1.807) is 48.9 Å². The Kier molecular flexibility index (Phi) is 5.10. The van der Waals surface area contributed by atoms with Gasteiger partial charge in [0.1, 0.15) is 0 Å². The zero-order valence-corrected chi connectivity index (χ0v) is 15.5. The number of hydrogen-bond donors (Lipinski definition) is 1. The van der Waals surface area contributed by atoms with Crippen LogP contribution in [0, 0.1) is 11.7 Å². The SMILES string of the molecule is O=C(c1cccc(-c2cccc(F)c2O)c1)N1CCC[C@@H](Cn2ccnc2)C1. The third kappa shape index (κ3) is 3.76. The van der Waals surface area contributed by atoms with Gasteiger partial charge in [0.25, 0.3) is 5.91 Å². The number of carbonyl (C=O) groups is 1. The van der Waals surface area contributed by atoms with Crippen LogP contribution in [0.3, 0.4) is 0 Å². The number of halogens is 1. The number of aromatic hydroxyl groups is 1. The minimum atomic E-state index is -0.674. The summed E-state index contributed by atoms with van der Waals surface area (Å²) in [4.78, 5) is 19.0. The quantitative estimate of drug-likeness (QED) is 0.747. The van der Waals surface area contributed by atoms with E-state index < -0.39 is 11.6 Å². The zero-order valence-electron chi connectivity index (χ0n) is 15.5. The number of aromatic nitrogens is 2. The number of benzene rings is 2. The molecule has 2 aromatic carbocycles. The van der Waals surface area contributed by atoms with E-state index in [9.17, 15) is 14.3 Å². The number of phenolic OH excluding ortho intramolecular Hbond substituents is 1. The third-order valence-electron chi connectivity index (χ3n) is 5.24. The third-order valence-corrected chi connectivity index (χ3v) is 5.24. The van der Waals surface area contributed by atoms with Gasteiger partial charge in [-0.15, -0.1) is 0 Å². The second kappa shape index (κ2) is 7.84. The summed E-state index contributed by atoms with van der Waals surface area (Å²) < 4.78 is 15.7. The van der Waals surface area contributed by atoms with E-state index in [0.29, 0.717) is 29.2 Å². The fraction of sp³-hybridized carbons (Fsp3) is 0.273. The summed E-state index contributed by atoms with van der Waals surface area (Å²) >= 11 is 0. The second-order valence-electron chi connectivity index (χ2n) is 7.24. The molecule has 1 aromatic heterocycles. The number of carbonyl (C=O) groups excluding carboxylic acids is 1. The Morgan fingerprint density at radius 1 is 1.25 bits per heavy atom. The van der Waals surface area contributed by atoms with Crippen molar-refractivity contribution >= 4 is 5.91 Å². The number of hydrogen-bond acceptors (Lipinski definition) is 3. The van der Waals surface area contributed by atoms with Gasteiger partial charge in [0.15, 0.2) is 11.6 Å². The maximum atomic E-state index is 13.7. The fourth-order valence-corrected chi connectivity index (χ4v) is 3.84. The van der Waals surface area contributed by atoms with Gasteiger partial charge in [-0.05, 0) is 42.5 Å². The number of imidazole rings is 1. The first-order valence-electron chi connectivity index (χ1n) is 9.45. The Bertz CT molecular complexity index is 972. The summed E-state index contributed by atoms with van der Waals surface area (Å²) in [5.74, 6) is -0.714. The first-order chi connectivity index (χ1) is 13.6. The molecule has 2 heterocycles. The highest BCUT2D eigenvalue weighted by Crippen LogP contribution is 2.32. The highest BCUT2D eigenvalue weighted by Gasteiger charge is 2.25.